The molecule has 1 N–H and O–H groups in total. The summed E-state index contributed by atoms with van der Waals surface area (Å²) in [5, 5.41) is 12.3. The number of carboxylic acid groups (broad SMARTS) is 1. The molecule has 1 saturated carbocycles. The highest BCUT2D eigenvalue weighted by Crippen LogP contribution is 2.57. The van der Waals surface area contributed by atoms with Gasteiger partial charge in [0, 0.05) is 11.5 Å². The summed E-state index contributed by atoms with van der Waals surface area (Å²) in [4.78, 5) is 22.2. The molecule has 0 amide bonds. The quantitative estimate of drug-likeness (QED) is 0.864. The van der Waals surface area contributed by atoms with Crippen LogP contribution in [0.1, 0.15) is 40.5 Å². The lowest BCUT2D eigenvalue weighted by atomic mass is 10.1. The zero-order chi connectivity index (χ0) is 12.3. The van der Waals surface area contributed by atoms with Crippen LogP contribution in [0.3, 0.4) is 0 Å². The third-order valence-corrected chi connectivity index (χ3v) is 3.25. The van der Waals surface area contributed by atoms with Crippen LogP contribution in [-0.4, -0.2) is 26.6 Å². The van der Waals surface area contributed by atoms with Crippen LogP contribution in [0, 0.1) is 5.92 Å². The lowest BCUT2D eigenvalue weighted by Gasteiger charge is -2.05. The molecule has 0 radical (unpaired) electrons. The summed E-state index contributed by atoms with van der Waals surface area (Å²) < 4.78 is 26.6. The highest BCUT2D eigenvalue weighted by molar-refractivity contribution is 6.04. The maximum atomic E-state index is 12.9. The number of ketones is 1. The SMILES string of the molecule is O=C(O)Cn1nc2c(c1C(F)F)C1CC1C2=O. The van der Waals surface area contributed by atoms with Crippen LogP contribution < -0.4 is 0 Å². The lowest BCUT2D eigenvalue weighted by Crippen LogP contribution is -2.14. The molecule has 7 heteroatoms. The predicted octanol–water partition coefficient (Wildman–Crippen LogP) is 1.21. The van der Waals surface area contributed by atoms with E-state index in [-0.39, 0.29) is 28.9 Å². The number of carbonyl (C=O) groups is 2. The van der Waals surface area contributed by atoms with Gasteiger partial charge in [-0.25, -0.2) is 8.78 Å². The fourth-order valence-electron chi connectivity index (χ4n) is 2.49. The Bertz CT molecular complexity index is 538. The summed E-state index contributed by atoms with van der Waals surface area (Å²) in [6.45, 7) is -0.642. The average molecular weight is 242 g/mol. The van der Waals surface area contributed by atoms with Gasteiger partial charge in [0.25, 0.3) is 6.43 Å². The molecule has 2 unspecified atom stereocenters. The van der Waals surface area contributed by atoms with Gasteiger partial charge in [-0.15, -0.1) is 0 Å². The van der Waals surface area contributed by atoms with Crippen molar-refractivity contribution in [3.63, 3.8) is 0 Å². The Labute approximate surface area is 94.0 Å². The molecule has 1 aromatic heterocycles. The maximum absolute atomic E-state index is 12.9. The van der Waals surface area contributed by atoms with E-state index in [1.165, 1.54) is 0 Å². The fraction of sp³-hybridized carbons (Fsp3) is 0.500. The predicted molar refractivity (Wildman–Crippen MR) is 50.0 cm³/mol. The van der Waals surface area contributed by atoms with Gasteiger partial charge in [-0.3, -0.25) is 14.3 Å². The van der Waals surface area contributed by atoms with E-state index in [0.717, 1.165) is 4.68 Å². The van der Waals surface area contributed by atoms with Crippen molar-refractivity contribution in [2.45, 2.75) is 25.3 Å². The first-order chi connectivity index (χ1) is 8.00. The minimum Gasteiger partial charge on any atom is -0.480 e. The number of carboxylic acids is 1. The van der Waals surface area contributed by atoms with E-state index >= 15 is 0 Å². The van der Waals surface area contributed by atoms with Crippen molar-refractivity contribution in [3.8, 4) is 0 Å². The zero-order valence-corrected chi connectivity index (χ0v) is 8.56. The van der Waals surface area contributed by atoms with Gasteiger partial charge < -0.3 is 5.11 Å². The molecule has 90 valence electrons. The molecule has 1 heterocycles. The van der Waals surface area contributed by atoms with E-state index < -0.39 is 24.6 Å². The number of fused-ring (bicyclic) bond motifs is 3. The summed E-state index contributed by atoms with van der Waals surface area (Å²) >= 11 is 0. The van der Waals surface area contributed by atoms with Gasteiger partial charge in [0.05, 0.1) is 0 Å². The fourth-order valence-corrected chi connectivity index (χ4v) is 2.49. The third kappa shape index (κ3) is 1.31. The topological polar surface area (TPSA) is 72.2 Å². The monoisotopic (exact) mass is 242 g/mol. The number of aromatic nitrogens is 2. The van der Waals surface area contributed by atoms with E-state index in [1.807, 2.05) is 0 Å². The van der Waals surface area contributed by atoms with Gasteiger partial charge in [-0.05, 0) is 12.3 Å². The van der Waals surface area contributed by atoms with Crippen molar-refractivity contribution in [2.24, 2.45) is 5.92 Å². The molecule has 0 aliphatic heterocycles. The summed E-state index contributed by atoms with van der Waals surface area (Å²) in [6, 6.07) is 0. The number of carbonyl (C=O) groups excluding carboxylic acids is 1. The summed E-state index contributed by atoms with van der Waals surface area (Å²) in [5.74, 6) is -1.84. The van der Waals surface area contributed by atoms with Gasteiger partial charge in [-0.1, -0.05) is 0 Å². The first-order valence-corrected chi connectivity index (χ1v) is 5.15. The van der Waals surface area contributed by atoms with Crippen molar-refractivity contribution in [3.05, 3.63) is 17.0 Å². The number of nitrogens with zero attached hydrogens (tertiary/aromatic N) is 2. The lowest BCUT2D eigenvalue weighted by molar-refractivity contribution is -0.138. The van der Waals surface area contributed by atoms with Gasteiger partial charge in [-0.2, -0.15) is 5.10 Å². The average Bonchev–Trinajstić information content (AvgIpc) is 2.84. The first-order valence-electron chi connectivity index (χ1n) is 5.15. The minimum absolute atomic E-state index is 0.0443. The normalized spacial score (nSPS) is 25.0. The van der Waals surface area contributed by atoms with Crippen LogP contribution in [-0.2, 0) is 11.3 Å². The Morgan fingerprint density at radius 1 is 1.53 bits per heavy atom. The molecule has 0 spiro atoms. The summed E-state index contributed by atoms with van der Waals surface area (Å²) in [5.41, 5.74) is -0.0835. The Hall–Kier alpha value is -1.79. The number of alkyl halides is 2. The molecule has 1 fully saturated rings. The number of hydrogen-bond donors (Lipinski definition) is 1. The van der Waals surface area contributed by atoms with Crippen LogP contribution in [0.25, 0.3) is 0 Å². The van der Waals surface area contributed by atoms with E-state index in [2.05, 4.69) is 5.10 Å². The number of rotatable bonds is 3. The number of halogens is 2. The van der Waals surface area contributed by atoms with Crippen LogP contribution in [0.2, 0.25) is 0 Å². The molecule has 1 aromatic rings. The first kappa shape index (κ1) is 10.4. The Morgan fingerprint density at radius 3 is 2.82 bits per heavy atom. The molecular weight excluding hydrogens is 234 g/mol. The summed E-state index contributed by atoms with van der Waals surface area (Å²) in [7, 11) is 0. The maximum Gasteiger partial charge on any atom is 0.325 e. The Balaban J connectivity index is 2.12. The van der Waals surface area contributed by atoms with Crippen LogP contribution in [0.15, 0.2) is 0 Å². The molecule has 0 bridgehead atoms. The van der Waals surface area contributed by atoms with Crippen LogP contribution in [0.5, 0.6) is 0 Å². The van der Waals surface area contributed by atoms with E-state index in [4.69, 9.17) is 5.11 Å². The molecule has 2 aliphatic carbocycles. The highest BCUT2D eigenvalue weighted by atomic mass is 19.3. The largest absolute Gasteiger partial charge is 0.480 e. The molecule has 0 saturated heterocycles. The van der Waals surface area contributed by atoms with E-state index in [1.54, 1.807) is 0 Å². The van der Waals surface area contributed by atoms with Gasteiger partial charge in [0.1, 0.15) is 17.9 Å². The minimum atomic E-state index is -2.81. The zero-order valence-electron chi connectivity index (χ0n) is 8.56. The molecule has 3 rings (SSSR count). The molecule has 0 aromatic carbocycles. The number of aliphatic carboxylic acids is 1. The van der Waals surface area contributed by atoms with Gasteiger partial charge in [0.2, 0.25) is 0 Å². The second kappa shape index (κ2) is 3.12. The van der Waals surface area contributed by atoms with Gasteiger partial charge in [0.15, 0.2) is 5.78 Å². The second-order valence-electron chi connectivity index (χ2n) is 4.31. The molecule has 2 aliphatic rings. The number of Topliss-reactive ketones (excluding diaryl/α,β-unsaturated/α-hetero) is 1. The smallest absolute Gasteiger partial charge is 0.325 e. The van der Waals surface area contributed by atoms with Crippen LogP contribution >= 0.6 is 0 Å². The van der Waals surface area contributed by atoms with Crippen molar-refractivity contribution in [1.82, 2.24) is 9.78 Å². The van der Waals surface area contributed by atoms with E-state index in [0.29, 0.717) is 6.42 Å². The molecular formula is C10H8F2N2O3. The second-order valence-corrected chi connectivity index (χ2v) is 4.31. The molecule has 2 atom stereocenters. The van der Waals surface area contributed by atoms with E-state index in [9.17, 15) is 18.4 Å². The Kier molecular flexibility index (Phi) is 1.90. The molecule has 17 heavy (non-hydrogen) atoms. The summed E-state index contributed by atoms with van der Waals surface area (Å²) in [6.07, 6.45) is -2.22. The van der Waals surface area contributed by atoms with Crippen molar-refractivity contribution in [2.75, 3.05) is 0 Å². The van der Waals surface area contributed by atoms with Gasteiger partial charge >= 0.3 is 5.97 Å². The third-order valence-electron chi connectivity index (χ3n) is 3.25. The van der Waals surface area contributed by atoms with Crippen molar-refractivity contribution >= 4 is 11.8 Å². The standard InChI is InChI=1S/C10H8F2N2O3/c11-10(12)8-6-3-1-4(3)9(17)7(6)13-14(8)2-5(15)16/h3-4,10H,1-2H2,(H,15,16). The van der Waals surface area contributed by atoms with Crippen molar-refractivity contribution < 1.29 is 23.5 Å². The van der Waals surface area contributed by atoms with Crippen LogP contribution in [0.4, 0.5) is 8.78 Å². The molecule has 5 nitrogen and oxygen atoms in total. The van der Waals surface area contributed by atoms with Crippen molar-refractivity contribution in [1.29, 1.82) is 0 Å². The highest BCUT2D eigenvalue weighted by Gasteiger charge is 2.56. The number of hydrogen-bond acceptors (Lipinski definition) is 3. The Morgan fingerprint density at radius 2 is 2.24 bits per heavy atom.